The number of nitrogens with one attached hydrogen (secondary N) is 2. The molecule has 3 aromatic carbocycles. The zero-order valence-electron chi connectivity index (χ0n) is 19.1. The van der Waals surface area contributed by atoms with Crippen molar-refractivity contribution in [1.29, 1.82) is 0 Å². The van der Waals surface area contributed by atoms with Gasteiger partial charge in [-0.25, -0.2) is 13.4 Å². The van der Waals surface area contributed by atoms with E-state index in [1.807, 2.05) is 62.4 Å². The largest absolute Gasteiger partial charge is 0.378 e. The molecule has 4 aromatic rings. The van der Waals surface area contributed by atoms with Gasteiger partial charge < -0.3 is 5.32 Å². The molecule has 0 radical (unpaired) electrons. The van der Waals surface area contributed by atoms with Crippen LogP contribution in [0.25, 0.3) is 11.1 Å². The molecule has 7 heteroatoms. The van der Waals surface area contributed by atoms with Crippen LogP contribution in [0, 0.1) is 0 Å². The van der Waals surface area contributed by atoms with E-state index in [1.165, 1.54) is 6.20 Å². The second-order valence-electron chi connectivity index (χ2n) is 7.39. The van der Waals surface area contributed by atoms with E-state index in [-0.39, 0.29) is 4.90 Å². The van der Waals surface area contributed by atoms with Crippen LogP contribution in [0.5, 0.6) is 0 Å². The van der Waals surface area contributed by atoms with Crippen molar-refractivity contribution in [1.82, 2.24) is 4.98 Å². The van der Waals surface area contributed by atoms with Gasteiger partial charge in [0.05, 0.1) is 40.4 Å². The Bertz CT molecular complexity index is 1400. The van der Waals surface area contributed by atoms with Gasteiger partial charge in [0, 0.05) is 11.8 Å². The molecule has 0 saturated carbocycles. The highest BCUT2D eigenvalue weighted by Crippen LogP contribution is 2.34. The number of rotatable bonds is 5. The fourth-order valence-electron chi connectivity index (χ4n) is 3.58. The van der Waals surface area contributed by atoms with Gasteiger partial charge in [-0.15, -0.1) is 0 Å². The van der Waals surface area contributed by atoms with Crippen LogP contribution in [0.15, 0.2) is 107 Å². The molecule has 0 spiro atoms. The maximum atomic E-state index is 12.6. The molecule has 172 valence electrons. The van der Waals surface area contributed by atoms with Crippen LogP contribution in [-0.4, -0.2) is 25.7 Å². The molecule has 34 heavy (non-hydrogen) atoms. The Morgan fingerprint density at radius 3 is 2.24 bits per heavy atom. The zero-order chi connectivity index (χ0) is 24.0. The van der Waals surface area contributed by atoms with E-state index in [1.54, 1.807) is 42.6 Å². The van der Waals surface area contributed by atoms with Gasteiger partial charge in [0.2, 0.25) is 0 Å². The van der Waals surface area contributed by atoms with Gasteiger partial charge in [0.1, 0.15) is 0 Å². The normalized spacial score (nSPS) is 12.4. The first-order chi connectivity index (χ1) is 16.6. The number of aromatic nitrogens is 1. The van der Waals surface area contributed by atoms with Crippen molar-refractivity contribution < 1.29 is 8.42 Å². The van der Waals surface area contributed by atoms with Gasteiger partial charge in [0.25, 0.3) is 10.0 Å². The predicted molar refractivity (Wildman–Crippen MR) is 139 cm³/mol. The van der Waals surface area contributed by atoms with Crippen LogP contribution >= 0.6 is 0 Å². The highest BCUT2D eigenvalue weighted by Gasteiger charge is 2.16. The van der Waals surface area contributed by atoms with Crippen molar-refractivity contribution in [2.45, 2.75) is 18.7 Å². The molecule has 0 bridgehead atoms. The molecule has 0 saturated heterocycles. The smallest absolute Gasteiger partial charge is 0.261 e. The number of anilines is 2. The maximum Gasteiger partial charge on any atom is 0.261 e. The summed E-state index contributed by atoms with van der Waals surface area (Å²) in [6.07, 6.45) is 3.20. The van der Waals surface area contributed by atoms with Gasteiger partial charge in [-0.05, 0) is 41.5 Å². The van der Waals surface area contributed by atoms with Crippen molar-refractivity contribution in [2.24, 2.45) is 4.99 Å². The van der Waals surface area contributed by atoms with Gasteiger partial charge in [-0.1, -0.05) is 68.4 Å². The molecule has 1 aromatic heterocycles. The number of pyridine rings is 1. The third-order valence-electron chi connectivity index (χ3n) is 5.18. The van der Waals surface area contributed by atoms with Crippen LogP contribution in [0.3, 0.4) is 0 Å². The Labute approximate surface area is 200 Å². The number of aliphatic imine (C=N–C) groups is 1. The fraction of sp³-hybridized carbons (Fsp3) is 0.111. The van der Waals surface area contributed by atoms with E-state index in [0.29, 0.717) is 12.2 Å². The highest BCUT2D eigenvalue weighted by atomic mass is 32.2. The van der Waals surface area contributed by atoms with Gasteiger partial charge in [0.15, 0.2) is 0 Å². The lowest BCUT2D eigenvalue weighted by molar-refractivity contribution is 0.601. The Morgan fingerprint density at radius 1 is 0.794 bits per heavy atom. The van der Waals surface area contributed by atoms with E-state index in [2.05, 4.69) is 15.0 Å². The van der Waals surface area contributed by atoms with Crippen LogP contribution in [0.4, 0.5) is 17.1 Å². The topological polar surface area (TPSA) is 83.5 Å². The van der Waals surface area contributed by atoms with Crippen molar-refractivity contribution >= 4 is 32.8 Å². The summed E-state index contributed by atoms with van der Waals surface area (Å²) in [6.45, 7) is 4.66. The van der Waals surface area contributed by atoms with E-state index < -0.39 is 10.0 Å². The minimum absolute atomic E-state index is 0.202. The average molecular weight is 471 g/mol. The van der Waals surface area contributed by atoms with Gasteiger partial charge in [-0.3, -0.25) is 9.71 Å². The minimum atomic E-state index is -3.69. The van der Waals surface area contributed by atoms with E-state index in [4.69, 9.17) is 4.99 Å². The fourth-order valence-corrected chi connectivity index (χ4v) is 4.64. The molecule has 5 rings (SSSR count). The van der Waals surface area contributed by atoms with Crippen molar-refractivity contribution in [3.63, 3.8) is 0 Å². The molecular formula is C27H26N4O2S. The first-order valence-electron chi connectivity index (χ1n) is 11.1. The summed E-state index contributed by atoms with van der Waals surface area (Å²) >= 11 is 0. The molecule has 0 aliphatic carbocycles. The van der Waals surface area contributed by atoms with E-state index >= 15 is 0 Å². The number of benzene rings is 3. The first kappa shape index (κ1) is 23.2. The lowest BCUT2D eigenvalue weighted by atomic mass is 10.0. The number of sulfonamides is 1. The molecule has 0 amide bonds. The molecule has 1 aliphatic heterocycles. The van der Waals surface area contributed by atoms with Crippen molar-refractivity contribution in [3.05, 3.63) is 103 Å². The van der Waals surface area contributed by atoms with Gasteiger partial charge >= 0.3 is 0 Å². The molecule has 6 nitrogen and oxygen atoms in total. The molecule has 0 fully saturated rings. The molecule has 2 N–H and O–H groups in total. The summed E-state index contributed by atoms with van der Waals surface area (Å²) in [5.41, 5.74) is 5.94. The highest BCUT2D eigenvalue weighted by molar-refractivity contribution is 7.92. The third kappa shape index (κ3) is 5.15. The van der Waals surface area contributed by atoms with Crippen molar-refractivity contribution in [3.8, 4) is 11.1 Å². The quantitative estimate of drug-likeness (QED) is 0.368. The number of fused-ring (bicyclic) bond motifs is 1. The first-order valence-corrected chi connectivity index (χ1v) is 12.6. The Hall–Kier alpha value is -3.97. The lowest BCUT2D eigenvalue weighted by Gasteiger charge is -2.19. The van der Waals surface area contributed by atoms with Crippen molar-refractivity contribution in [2.75, 3.05) is 16.6 Å². The van der Waals surface area contributed by atoms with Crippen LogP contribution < -0.4 is 10.0 Å². The predicted octanol–water partition coefficient (Wildman–Crippen LogP) is 6.12. The van der Waals surface area contributed by atoms with Gasteiger partial charge in [-0.2, -0.15) is 0 Å². The molecule has 0 atom stereocenters. The summed E-state index contributed by atoms with van der Waals surface area (Å²) in [4.78, 5) is 9.28. The molecule has 1 aliphatic rings. The van der Waals surface area contributed by atoms with Crippen LogP contribution in [0.2, 0.25) is 0 Å². The molecular weight excluding hydrogens is 444 g/mol. The molecule has 2 heterocycles. The zero-order valence-corrected chi connectivity index (χ0v) is 19.9. The SMILES string of the molecule is CC.O=S(=O)(Nc1cncc(-c2ccc3c(c2)N=C(c2ccccc2)CN3)c1)c1ccccc1. The Morgan fingerprint density at radius 2 is 1.50 bits per heavy atom. The number of hydrogen-bond acceptors (Lipinski definition) is 5. The monoisotopic (exact) mass is 470 g/mol. The second-order valence-corrected chi connectivity index (χ2v) is 9.07. The Balaban J connectivity index is 0.00000133. The second kappa shape index (κ2) is 10.3. The summed E-state index contributed by atoms with van der Waals surface area (Å²) in [6, 6.07) is 26.0. The summed E-state index contributed by atoms with van der Waals surface area (Å²) in [5.74, 6) is 0. The number of hydrogen-bond donors (Lipinski definition) is 2. The average Bonchev–Trinajstić information content (AvgIpc) is 2.90. The number of nitrogens with zero attached hydrogens (tertiary/aromatic N) is 2. The van der Waals surface area contributed by atoms with E-state index in [0.717, 1.165) is 33.8 Å². The summed E-state index contributed by atoms with van der Waals surface area (Å²) in [7, 11) is -3.69. The van der Waals surface area contributed by atoms with Crippen LogP contribution in [0.1, 0.15) is 19.4 Å². The standard InChI is InChI=1S/C25H20N4O2S.C2H6/c30-32(31,22-9-5-2-6-10-22)29-21-13-20(15-26-16-21)19-11-12-23-24(14-19)28-25(17-27-23)18-7-3-1-4-8-18;1-2/h1-16,27,29H,17H2;1-2H3. The minimum Gasteiger partial charge on any atom is -0.378 e. The summed E-state index contributed by atoms with van der Waals surface area (Å²) in [5, 5.41) is 3.41. The summed E-state index contributed by atoms with van der Waals surface area (Å²) < 4.78 is 27.9. The lowest BCUT2D eigenvalue weighted by Crippen LogP contribution is -2.18. The van der Waals surface area contributed by atoms with Crippen LogP contribution in [-0.2, 0) is 10.0 Å². The molecule has 0 unspecified atom stereocenters. The Kier molecular flexibility index (Phi) is 7.04. The maximum absolute atomic E-state index is 12.6. The third-order valence-corrected chi connectivity index (χ3v) is 6.58. The van der Waals surface area contributed by atoms with E-state index in [9.17, 15) is 8.42 Å².